The van der Waals surface area contributed by atoms with Crippen LogP contribution in [0.5, 0.6) is 0 Å². The minimum Gasteiger partial charge on any atom is -0.340 e. The van der Waals surface area contributed by atoms with Crippen LogP contribution in [0, 0.1) is 11.8 Å². The third-order valence-corrected chi connectivity index (χ3v) is 3.98. The lowest BCUT2D eigenvalue weighted by molar-refractivity contribution is -0.138. The number of rotatable bonds is 4. The monoisotopic (exact) mass is 241 g/mol. The first-order chi connectivity index (χ1) is 7.97. The van der Waals surface area contributed by atoms with E-state index in [0.717, 1.165) is 26.2 Å². The van der Waals surface area contributed by atoms with E-state index in [0.29, 0.717) is 24.4 Å². The predicted molar refractivity (Wildman–Crippen MR) is 70.7 cm³/mol. The molecule has 4 heteroatoms. The molecule has 0 saturated carbocycles. The van der Waals surface area contributed by atoms with Crippen LogP contribution < -0.4 is 5.73 Å². The molecule has 0 aromatic carbocycles. The molecule has 0 bridgehead atoms. The molecule has 0 aliphatic carbocycles. The molecule has 0 radical (unpaired) electrons. The standard InChI is InChI=1S/C13H27N3O/c1-10(2)12(4)13(17)16-7-5-15(6-8-16)11(3)9-14/h10-12H,5-9,14H2,1-4H3. The highest BCUT2D eigenvalue weighted by molar-refractivity contribution is 5.78. The summed E-state index contributed by atoms with van der Waals surface area (Å²) in [5.74, 6) is 0.858. The van der Waals surface area contributed by atoms with E-state index in [1.165, 1.54) is 0 Å². The Morgan fingerprint density at radius 1 is 1.12 bits per heavy atom. The Morgan fingerprint density at radius 3 is 2.06 bits per heavy atom. The third kappa shape index (κ3) is 3.68. The van der Waals surface area contributed by atoms with Crippen LogP contribution in [-0.2, 0) is 4.79 Å². The molecule has 100 valence electrons. The van der Waals surface area contributed by atoms with Crippen molar-refractivity contribution in [1.29, 1.82) is 0 Å². The van der Waals surface area contributed by atoms with Crippen LogP contribution in [-0.4, -0.2) is 54.5 Å². The highest BCUT2D eigenvalue weighted by atomic mass is 16.2. The molecule has 1 saturated heterocycles. The fraction of sp³-hybridized carbons (Fsp3) is 0.923. The quantitative estimate of drug-likeness (QED) is 0.791. The number of carbonyl (C=O) groups excluding carboxylic acids is 1. The molecular weight excluding hydrogens is 214 g/mol. The minimum absolute atomic E-state index is 0.133. The van der Waals surface area contributed by atoms with E-state index in [-0.39, 0.29) is 5.92 Å². The van der Waals surface area contributed by atoms with Gasteiger partial charge in [-0.1, -0.05) is 20.8 Å². The van der Waals surface area contributed by atoms with E-state index >= 15 is 0 Å². The first kappa shape index (κ1) is 14.5. The summed E-state index contributed by atoms with van der Waals surface area (Å²) >= 11 is 0. The van der Waals surface area contributed by atoms with Gasteiger partial charge < -0.3 is 10.6 Å². The normalized spacial score (nSPS) is 21.6. The van der Waals surface area contributed by atoms with Crippen molar-refractivity contribution < 1.29 is 4.79 Å². The van der Waals surface area contributed by atoms with Crippen LogP contribution in [0.1, 0.15) is 27.7 Å². The van der Waals surface area contributed by atoms with Crippen molar-refractivity contribution >= 4 is 5.91 Å². The summed E-state index contributed by atoms with van der Waals surface area (Å²) in [6, 6.07) is 0.426. The van der Waals surface area contributed by atoms with E-state index < -0.39 is 0 Å². The summed E-state index contributed by atoms with van der Waals surface area (Å²) in [7, 11) is 0. The maximum Gasteiger partial charge on any atom is 0.225 e. The maximum absolute atomic E-state index is 12.2. The molecule has 1 aliphatic heterocycles. The van der Waals surface area contributed by atoms with Crippen LogP contribution >= 0.6 is 0 Å². The van der Waals surface area contributed by atoms with Crippen LogP contribution in [0.3, 0.4) is 0 Å². The number of nitrogens with zero attached hydrogens (tertiary/aromatic N) is 2. The second-order valence-corrected chi connectivity index (χ2v) is 5.48. The van der Waals surface area contributed by atoms with Crippen molar-refractivity contribution in [3.8, 4) is 0 Å². The van der Waals surface area contributed by atoms with Gasteiger partial charge in [0.15, 0.2) is 0 Å². The number of piperazine rings is 1. The Kier molecular flexibility index (Phi) is 5.40. The zero-order valence-corrected chi connectivity index (χ0v) is 11.6. The smallest absolute Gasteiger partial charge is 0.225 e. The SMILES string of the molecule is CC(C)C(C)C(=O)N1CCN(C(C)CN)CC1. The van der Waals surface area contributed by atoms with E-state index in [4.69, 9.17) is 5.73 Å². The number of nitrogens with two attached hydrogens (primary N) is 1. The maximum atomic E-state index is 12.2. The summed E-state index contributed by atoms with van der Waals surface area (Å²) in [5.41, 5.74) is 5.66. The number of hydrogen-bond acceptors (Lipinski definition) is 3. The van der Waals surface area contributed by atoms with E-state index in [2.05, 4.69) is 25.7 Å². The summed E-state index contributed by atoms with van der Waals surface area (Å²) in [6.45, 7) is 12.7. The fourth-order valence-electron chi connectivity index (χ4n) is 2.11. The Bertz CT molecular complexity index is 247. The largest absolute Gasteiger partial charge is 0.340 e. The predicted octanol–water partition coefficient (Wildman–Crippen LogP) is 0.770. The molecule has 1 amide bonds. The average Bonchev–Trinajstić information content (AvgIpc) is 2.36. The Morgan fingerprint density at radius 2 is 1.65 bits per heavy atom. The van der Waals surface area contributed by atoms with Crippen molar-refractivity contribution in [3.63, 3.8) is 0 Å². The zero-order valence-electron chi connectivity index (χ0n) is 11.6. The number of hydrogen-bond donors (Lipinski definition) is 1. The van der Waals surface area contributed by atoms with Gasteiger partial charge in [0.05, 0.1) is 0 Å². The highest BCUT2D eigenvalue weighted by Crippen LogP contribution is 2.15. The lowest BCUT2D eigenvalue weighted by Crippen LogP contribution is -2.54. The van der Waals surface area contributed by atoms with Crippen LogP contribution in [0.25, 0.3) is 0 Å². The number of carbonyl (C=O) groups is 1. The molecular formula is C13H27N3O. The van der Waals surface area contributed by atoms with Gasteiger partial charge in [-0.15, -0.1) is 0 Å². The molecule has 1 aliphatic rings. The van der Waals surface area contributed by atoms with Crippen molar-refractivity contribution in [1.82, 2.24) is 9.80 Å². The van der Waals surface area contributed by atoms with Crippen molar-refractivity contribution in [3.05, 3.63) is 0 Å². The van der Waals surface area contributed by atoms with Crippen molar-refractivity contribution in [2.45, 2.75) is 33.7 Å². The van der Waals surface area contributed by atoms with Crippen LogP contribution in [0.2, 0.25) is 0 Å². The van der Waals surface area contributed by atoms with Gasteiger partial charge in [-0.25, -0.2) is 0 Å². The second-order valence-electron chi connectivity index (χ2n) is 5.48. The molecule has 0 spiro atoms. The molecule has 1 heterocycles. The fourth-order valence-corrected chi connectivity index (χ4v) is 2.11. The molecule has 0 aromatic heterocycles. The van der Waals surface area contributed by atoms with Gasteiger partial charge in [-0.05, 0) is 12.8 Å². The van der Waals surface area contributed by atoms with Gasteiger partial charge in [0.2, 0.25) is 5.91 Å². The molecule has 1 rings (SSSR count). The van der Waals surface area contributed by atoms with Crippen LogP contribution in [0.15, 0.2) is 0 Å². The Hall–Kier alpha value is -0.610. The van der Waals surface area contributed by atoms with E-state index in [1.54, 1.807) is 0 Å². The molecule has 1 fully saturated rings. The van der Waals surface area contributed by atoms with E-state index in [9.17, 15) is 4.79 Å². The third-order valence-electron chi connectivity index (χ3n) is 3.98. The molecule has 2 N–H and O–H groups in total. The van der Waals surface area contributed by atoms with Gasteiger partial charge in [0.25, 0.3) is 0 Å². The average molecular weight is 241 g/mol. The lowest BCUT2D eigenvalue weighted by atomic mass is 9.96. The molecule has 0 aromatic rings. The van der Waals surface area contributed by atoms with Gasteiger partial charge in [0, 0.05) is 44.7 Å². The van der Waals surface area contributed by atoms with Crippen LogP contribution in [0.4, 0.5) is 0 Å². The zero-order chi connectivity index (χ0) is 13.0. The van der Waals surface area contributed by atoms with Gasteiger partial charge >= 0.3 is 0 Å². The summed E-state index contributed by atoms with van der Waals surface area (Å²) in [4.78, 5) is 16.5. The first-order valence-corrected chi connectivity index (χ1v) is 6.70. The lowest BCUT2D eigenvalue weighted by Gasteiger charge is -2.39. The molecule has 2 atom stereocenters. The topological polar surface area (TPSA) is 49.6 Å². The van der Waals surface area contributed by atoms with Crippen molar-refractivity contribution in [2.24, 2.45) is 17.6 Å². The Labute approximate surface area is 105 Å². The van der Waals surface area contributed by atoms with Gasteiger partial charge in [-0.2, -0.15) is 0 Å². The summed E-state index contributed by atoms with van der Waals surface area (Å²) in [5, 5.41) is 0. The molecule has 4 nitrogen and oxygen atoms in total. The Balaban J connectivity index is 2.44. The summed E-state index contributed by atoms with van der Waals surface area (Å²) in [6.07, 6.45) is 0. The minimum atomic E-state index is 0.133. The first-order valence-electron chi connectivity index (χ1n) is 6.70. The molecule has 2 unspecified atom stereocenters. The molecule has 17 heavy (non-hydrogen) atoms. The van der Waals surface area contributed by atoms with Gasteiger partial charge in [-0.3, -0.25) is 9.69 Å². The highest BCUT2D eigenvalue weighted by Gasteiger charge is 2.27. The van der Waals surface area contributed by atoms with Crippen molar-refractivity contribution in [2.75, 3.05) is 32.7 Å². The summed E-state index contributed by atoms with van der Waals surface area (Å²) < 4.78 is 0. The number of amides is 1. The van der Waals surface area contributed by atoms with E-state index in [1.807, 2.05) is 11.8 Å². The van der Waals surface area contributed by atoms with Gasteiger partial charge in [0.1, 0.15) is 0 Å². The second kappa shape index (κ2) is 6.36.